The van der Waals surface area contributed by atoms with Crippen LogP contribution < -0.4 is 26.7 Å². The van der Waals surface area contributed by atoms with Gasteiger partial charge in [-0.1, -0.05) is 6.92 Å². The molecule has 10 nitrogen and oxygen atoms in total. The second-order valence-corrected chi connectivity index (χ2v) is 6.01. The van der Waals surface area contributed by atoms with Gasteiger partial charge in [0.25, 0.3) is 0 Å². The summed E-state index contributed by atoms with van der Waals surface area (Å²) in [7, 11) is 0. The minimum atomic E-state index is 0.329. The first-order chi connectivity index (χ1) is 12.2. The van der Waals surface area contributed by atoms with Gasteiger partial charge in [0.2, 0.25) is 0 Å². The molecular formula is C15H23N9O. The summed E-state index contributed by atoms with van der Waals surface area (Å²) in [6.07, 6.45) is 5.63. The zero-order valence-corrected chi connectivity index (χ0v) is 14.1. The van der Waals surface area contributed by atoms with Crippen LogP contribution in [-0.2, 0) is 6.61 Å². The summed E-state index contributed by atoms with van der Waals surface area (Å²) in [5.41, 5.74) is 0.783. The summed E-state index contributed by atoms with van der Waals surface area (Å²) in [5, 5.41) is 16.9. The molecule has 0 amide bonds. The van der Waals surface area contributed by atoms with Crippen LogP contribution in [0.2, 0.25) is 0 Å². The first-order valence-electron chi connectivity index (χ1n) is 8.15. The number of anilines is 1. The van der Waals surface area contributed by atoms with Gasteiger partial charge in [0.05, 0.1) is 18.4 Å². The number of rotatable bonds is 6. The van der Waals surface area contributed by atoms with Crippen molar-refractivity contribution in [2.24, 2.45) is 22.7 Å². The van der Waals surface area contributed by atoms with Crippen molar-refractivity contribution in [3.63, 3.8) is 0 Å². The van der Waals surface area contributed by atoms with E-state index < -0.39 is 0 Å². The fraction of sp³-hybridized carbons (Fsp3) is 0.467. The van der Waals surface area contributed by atoms with E-state index >= 15 is 0 Å². The Morgan fingerprint density at radius 1 is 1.48 bits per heavy atom. The van der Waals surface area contributed by atoms with Crippen LogP contribution in [-0.4, -0.2) is 39.4 Å². The van der Waals surface area contributed by atoms with E-state index in [1.165, 1.54) is 11.3 Å². The smallest absolute Gasteiger partial charge is 0.148 e. The Bertz CT molecular complexity index is 699. The quantitative estimate of drug-likeness (QED) is 0.288. The third-order valence-electron chi connectivity index (χ3n) is 4.16. The molecule has 2 unspecified atom stereocenters. The fourth-order valence-electron chi connectivity index (χ4n) is 2.78. The van der Waals surface area contributed by atoms with Crippen molar-refractivity contribution < 1.29 is 4.74 Å². The Hall–Kier alpha value is -2.72. The second-order valence-electron chi connectivity index (χ2n) is 6.01. The molecule has 0 saturated carbocycles. The number of aromatic nitrogens is 4. The second kappa shape index (κ2) is 7.90. The largest absolute Gasteiger partial charge is 0.486 e. The van der Waals surface area contributed by atoms with Crippen molar-refractivity contribution in [2.45, 2.75) is 26.0 Å². The van der Waals surface area contributed by atoms with Crippen LogP contribution in [0.3, 0.4) is 0 Å². The van der Waals surface area contributed by atoms with Crippen molar-refractivity contribution in [2.75, 3.05) is 18.1 Å². The molecular weight excluding hydrogens is 322 g/mol. The molecule has 134 valence electrons. The van der Waals surface area contributed by atoms with Gasteiger partial charge in [-0.05, 0) is 37.6 Å². The zero-order chi connectivity index (χ0) is 17.6. The molecule has 2 aromatic rings. The average Bonchev–Trinajstić information content (AvgIpc) is 3.10. The number of hydrogen-bond donors (Lipinski definition) is 3. The monoisotopic (exact) mass is 345 g/mol. The maximum Gasteiger partial charge on any atom is 0.148 e. The van der Waals surface area contributed by atoms with Gasteiger partial charge in [-0.3, -0.25) is 0 Å². The summed E-state index contributed by atoms with van der Waals surface area (Å²) in [5.74, 6) is 12.4. The lowest BCUT2D eigenvalue weighted by Crippen LogP contribution is -2.37. The summed E-state index contributed by atoms with van der Waals surface area (Å²) in [4.78, 5) is 5.99. The van der Waals surface area contributed by atoms with Crippen LogP contribution in [0.25, 0.3) is 0 Å². The number of nitrogens with two attached hydrogens (primary N) is 2. The van der Waals surface area contributed by atoms with Crippen LogP contribution in [0.4, 0.5) is 5.82 Å². The summed E-state index contributed by atoms with van der Waals surface area (Å²) in [6, 6.07) is 3.81. The molecule has 3 rings (SSSR count). The lowest BCUT2D eigenvalue weighted by molar-refractivity contribution is 0.230. The number of piperidine rings is 1. The van der Waals surface area contributed by atoms with Crippen LogP contribution >= 0.6 is 0 Å². The molecule has 0 aromatic carbocycles. The summed E-state index contributed by atoms with van der Waals surface area (Å²) in [6.45, 7) is 4.52. The molecule has 2 aromatic heterocycles. The minimum absolute atomic E-state index is 0.329. The predicted octanol–water partition coefficient (Wildman–Crippen LogP) is 0.00470. The van der Waals surface area contributed by atoms with Crippen molar-refractivity contribution in [3.05, 3.63) is 30.2 Å². The van der Waals surface area contributed by atoms with E-state index in [-0.39, 0.29) is 0 Å². The van der Waals surface area contributed by atoms with Gasteiger partial charge >= 0.3 is 0 Å². The molecule has 0 aliphatic carbocycles. The lowest BCUT2D eigenvalue weighted by Gasteiger charge is -2.28. The Morgan fingerprint density at radius 3 is 3.08 bits per heavy atom. The van der Waals surface area contributed by atoms with E-state index in [0.717, 1.165) is 25.2 Å². The van der Waals surface area contributed by atoms with Crippen molar-refractivity contribution >= 4 is 12.2 Å². The number of nitrogens with one attached hydrogen (secondary N) is 1. The van der Waals surface area contributed by atoms with E-state index in [0.29, 0.717) is 30.1 Å². The SMILES string of the molecule is CC1CNCCC1n1ncc(COc2ccc(N(N)/C=N\N)nc2)n1. The first kappa shape index (κ1) is 17.1. The molecule has 0 spiro atoms. The number of ether oxygens (including phenoxy) is 1. The van der Waals surface area contributed by atoms with Crippen LogP contribution in [0, 0.1) is 5.92 Å². The molecule has 5 N–H and O–H groups in total. The highest BCUT2D eigenvalue weighted by molar-refractivity contribution is 5.75. The first-order valence-corrected chi connectivity index (χ1v) is 8.15. The Morgan fingerprint density at radius 2 is 2.36 bits per heavy atom. The minimum Gasteiger partial charge on any atom is -0.486 e. The van der Waals surface area contributed by atoms with Gasteiger partial charge in [-0.2, -0.15) is 20.1 Å². The normalized spacial score (nSPS) is 20.7. The average molecular weight is 345 g/mol. The highest BCUT2D eigenvalue weighted by Crippen LogP contribution is 2.22. The van der Waals surface area contributed by atoms with Gasteiger partial charge in [-0.15, -0.1) is 0 Å². The Balaban J connectivity index is 1.57. The number of hydrazone groups is 1. The topological polar surface area (TPSA) is 132 Å². The summed E-state index contributed by atoms with van der Waals surface area (Å²) < 4.78 is 5.71. The van der Waals surface area contributed by atoms with Crippen LogP contribution in [0.5, 0.6) is 5.75 Å². The highest BCUT2D eigenvalue weighted by atomic mass is 16.5. The molecule has 0 radical (unpaired) electrons. The third kappa shape index (κ3) is 4.22. The standard InChI is InChI=1S/C15H23N9O/c1-11-6-18-5-4-14(11)24-21-7-12(22-24)9-25-13-2-3-15(19-8-13)23(17)10-20-16/h2-3,7-8,10-11,14,18H,4-6,9,16-17H2,1H3/b20-10-. The van der Waals surface area contributed by atoms with Crippen molar-refractivity contribution in [1.29, 1.82) is 0 Å². The molecule has 1 aliphatic rings. The molecule has 3 heterocycles. The lowest BCUT2D eigenvalue weighted by atomic mass is 9.96. The van der Waals surface area contributed by atoms with E-state index in [9.17, 15) is 0 Å². The molecule has 1 saturated heterocycles. The van der Waals surface area contributed by atoms with Gasteiger partial charge in [0, 0.05) is 0 Å². The number of hydrogen-bond acceptors (Lipinski definition) is 8. The van der Waals surface area contributed by atoms with Crippen molar-refractivity contribution in [3.8, 4) is 5.75 Å². The summed E-state index contributed by atoms with van der Waals surface area (Å²) >= 11 is 0. The predicted molar refractivity (Wildman–Crippen MR) is 93.6 cm³/mol. The number of pyridine rings is 1. The highest BCUT2D eigenvalue weighted by Gasteiger charge is 2.24. The number of nitrogens with zero attached hydrogens (tertiary/aromatic N) is 6. The fourth-order valence-corrected chi connectivity index (χ4v) is 2.78. The van der Waals surface area contributed by atoms with Crippen molar-refractivity contribution in [1.82, 2.24) is 25.3 Å². The molecule has 2 atom stereocenters. The Kier molecular flexibility index (Phi) is 5.41. The van der Waals surface area contributed by atoms with E-state index in [1.54, 1.807) is 24.5 Å². The zero-order valence-electron chi connectivity index (χ0n) is 14.1. The maximum absolute atomic E-state index is 5.71. The molecule has 10 heteroatoms. The molecule has 0 bridgehead atoms. The number of hydrazine groups is 1. The van der Waals surface area contributed by atoms with E-state index in [1.807, 2.05) is 4.80 Å². The van der Waals surface area contributed by atoms with E-state index in [4.69, 9.17) is 16.4 Å². The Labute approximate surface area is 145 Å². The molecule has 1 fully saturated rings. The van der Waals surface area contributed by atoms with Gasteiger partial charge < -0.3 is 15.9 Å². The molecule has 25 heavy (non-hydrogen) atoms. The van der Waals surface area contributed by atoms with Crippen LogP contribution in [0.1, 0.15) is 25.1 Å². The van der Waals surface area contributed by atoms with Gasteiger partial charge in [0.1, 0.15) is 30.2 Å². The van der Waals surface area contributed by atoms with Gasteiger partial charge in [-0.25, -0.2) is 15.8 Å². The van der Waals surface area contributed by atoms with Gasteiger partial charge in [0.15, 0.2) is 0 Å². The van der Waals surface area contributed by atoms with E-state index in [2.05, 4.69) is 32.5 Å². The third-order valence-corrected chi connectivity index (χ3v) is 4.16. The maximum atomic E-state index is 5.71. The van der Waals surface area contributed by atoms with Crippen LogP contribution in [0.15, 0.2) is 29.6 Å². The molecule has 1 aliphatic heterocycles.